The number of hydrogen-bond donors (Lipinski definition) is 1. The Bertz CT molecular complexity index is 875. The lowest BCUT2D eigenvalue weighted by molar-refractivity contribution is -0.136. The Balaban J connectivity index is 1.58. The van der Waals surface area contributed by atoms with Crippen molar-refractivity contribution in [3.63, 3.8) is 0 Å². The highest BCUT2D eigenvalue weighted by molar-refractivity contribution is 5.76. The zero-order valence-electron chi connectivity index (χ0n) is 14.7. The minimum absolute atomic E-state index is 0.0521. The molecule has 0 aromatic carbocycles. The van der Waals surface area contributed by atoms with Crippen LogP contribution in [0.5, 0.6) is 0 Å². The third kappa shape index (κ3) is 4.45. The fourth-order valence-electron chi connectivity index (χ4n) is 2.97. The molecular weight excluding hydrogens is 336 g/mol. The molecule has 1 fully saturated rings. The fraction of sp³-hybridized carbons (Fsp3) is 0.444. The first-order valence-corrected chi connectivity index (χ1v) is 8.62. The van der Waals surface area contributed by atoms with Crippen molar-refractivity contribution in [1.82, 2.24) is 19.4 Å². The van der Waals surface area contributed by atoms with Gasteiger partial charge in [0.2, 0.25) is 5.91 Å². The topological polar surface area (TPSA) is 97.3 Å². The number of aromatic nitrogens is 3. The highest BCUT2D eigenvalue weighted by Gasteiger charge is 2.24. The van der Waals surface area contributed by atoms with E-state index < -0.39 is 11.2 Å². The van der Waals surface area contributed by atoms with Crippen LogP contribution in [0.15, 0.2) is 40.2 Å². The van der Waals surface area contributed by atoms with E-state index in [1.54, 1.807) is 18.0 Å². The third-order valence-electron chi connectivity index (χ3n) is 4.42. The van der Waals surface area contributed by atoms with Gasteiger partial charge < -0.3 is 9.64 Å². The van der Waals surface area contributed by atoms with E-state index in [1.807, 2.05) is 18.2 Å². The van der Waals surface area contributed by atoms with E-state index in [4.69, 9.17) is 4.74 Å². The van der Waals surface area contributed by atoms with Crippen molar-refractivity contribution in [2.45, 2.75) is 39.0 Å². The van der Waals surface area contributed by atoms with Gasteiger partial charge in [-0.15, -0.1) is 0 Å². The Kier molecular flexibility index (Phi) is 5.62. The summed E-state index contributed by atoms with van der Waals surface area (Å²) in [6.07, 6.45) is 4.81. The molecule has 26 heavy (non-hydrogen) atoms. The van der Waals surface area contributed by atoms with Gasteiger partial charge in [-0.1, -0.05) is 6.07 Å². The maximum atomic E-state index is 12.5. The van der Waals surface area contributed by atoms with Crippen LogP contribution >= 0.6 is 0 Å². The number of H-pyrrole nitrogens is 1. The van der Waals surface area contributed by atoms with Gasteiger partial charge in [0.05, 0.1) is 18.4 Å². The molecule has 3 heterocycles. The number of likely N-dealkylation sites (tertiary alicyclic amines) is 1. The number of nitrogens with one attached hydrogen (secondary N) is 1. The quantitative estimate of drug-likeness (QED) is 0.837. The van der Waals surface area contributed by atoms with E-state index in [2.05, 4.69) is 9.97 Å². The summed E-state index contributed by atoms with van der Waals surface area (Å²) in [5, 5.41) is 0. The Morgan fingerprint density at radius 1 is 1.38 bits per heavy atom. The maximum absolute atomic E-state index is 12.5. The molecule has 1 N–H and O–H groups in total. The number of aryl methyl sites for hydroxylation is 1. The average Bonchev–Trinajstić information content (AvgIpc) is 2.65. The molecule has 1 atom stereocenters. The van der Waals surface area contributed by atoms with Crippen LogP contribution in [0, 0.1) is 6.92 Å². The second kappa shape index (κ2) is 8.09. The van der Waals surface area contributed by atoms with Crippen LogP contribution in [0.4, 0.5) is 0 Å². The molecule has 1 aliphatic rings. The largest absolute Gasteiger partial charge is 0.370 e. The van der Waals surface area contributed by atoms with E-state index in [1.165, 1.54) is 10.8 Å². The van der Waals surface area contributed by atoms with E-state index in [0.717, 1.165) is 18.5 Å². The summed E-state index contributed by atoms with van der Waals surface area (Å²) in [6, 6.07) is 5.66. The van der Waals surface area contributed by atoms with E-state index in [0.29, 0.717) is 25.3 Å². The Morgan fingerprint density at radius 3 is 3.00 bits per heavy atom. The first-order chi connectivity index (χ1) is 12.5. The average molecular weight is 358 g/mol. The van der Waals surface area contributed by atoms with E-state index in [9.17, 15) is 14.4 Å². The summed E-state index contributed by atoms with van der Waals surface area (Å²) in [4.78, 5) is 44.0. The summed E-state index contributed by atoms with van der Waals surface area (Å²) >= 11 is 0. The van der Waals surface area contributed by atoms with Crippen molar-refractivity contribution >= 4 is 5.91 Å². The summed E-state index contributed by atoms with van der Waals surface area (Å²) in [5.74, 6) is -0.162. The third-order valence-corrected chi connectivity index (χ3v) is 4.42. The van der Waals surface area contributed by atoms with Gasteiger partial charge in [0.1, 0.15) is 6.54 Å². The summed E-state index contributed by atoms with van der Waals surface area (Å²) in [7, 11) is 0. The number of pyridine rings is 1. The molecule has 2 aromatic rings. The van der Waals surface area contributed by atoms with E-state index >= 15 is 0 Å². The molecule has 8 heteroatoms. The van der Waals surface area contributed by atoms with Crippen molar-refractivity contribution in [2.24, 2.45) is 0 Å². The molecule has 0 aliphatic carbocycles. The molecule has 1 amide bonds. The highest BCUT2D eigenvalue weighted by Crippen LogP contribution is 2.15. The molecule has 0 bridgehead atoms. The molecule has 1 unspecified atom stereocenters. The molecule has 8 nitrogen and oxygen atoms in total. The van der Waals surface area contributed by atoms with E-state index in [-0.39, 0.29) is 18.6 Å². The summed E-state index contributed by atoms with van der Waals surface area (Å²) in [5.41, 5.74) is 0.243. The number of amides is 1. The van der Waals surface area contributed by atoms with Crippen molar-refractivity contribution < 1.29 is 9.53 Å². The van der Waals surface area contributed by atoms with Crippen LogP contribution in [0.2, 0.25) is 0 Å². The highest BCUT2D eigenvalue weighted by atomic mass is 16.5. The summed E-state index contributed by atoms with van der Waals surface area (Å²) in [6.45, 7) is 3.04. The molecule has 3 rings (SSSR count). The predicted molar refractivity (Wildman–Crippen MR) is 94.7 cm³/mol. The minimum Gasteiger partial charge on any atom is -0.370 e. The number of hydrogen-bond acceptors (Lipinski definition) is 5. The van der Waals surface area contributed by atoms with Crippen molar-refractivity contribution in [3.05, 3.63) is 62.7 Å². The van der Waals surface area contributed by atoms with Crippen LogP contribution < -0.4 is 11.2 Å². The van der Waals surface area contributed by atoms with Gasteiger partial charge in [0, 0.05) is 31.0 Å². The maximum Gasteiger partial charge on any atom is 0.328 e. The van der Waals surface area contributed by atoms with Gasteiger partial charge in [-0.25, -0.2) is 4.79 Å². The predicted octanol–water partition coefficient (Wildman–Crippen LogP) is 0.448. The molecule has 1 aliphatic heterocycles. The number of ether oxygens (including phenoxy) is 1. The second-order valence-corrected chi connectivity index (χ2v) is 6.44. The molecule has 138 valence electrons. The standard InChI is InChI=1S/C18H22N4O4/c1-13-9-22(18(25)20-17(13)24)11-16(23)21-8-4-6-15(10-21)26-12-14-5-2-3-7-19-14/h2-3,5,7,9,15H,4,6,8,10-12H2,1H3,(H,20,24,25). The SMILES string of the molecule is Cc1cn(CC(=O)N2CCCC(OCc3ccccn3)C2)c(=O)[nH]c1=O. The number of nitrogens with zero attached hydrogens (tertiary/aromatic N) is 3. The second-order valence-electron chi connectivity index (χ2n) is 6.44. The molecule has 0 radical (unpaired) electrons. The Labute approximate surface area is 150 Å². The zero-order valence-corrected chi connectivity index (χ0v) is 14.7. The number of aromatic amines is 1. The van der Waals surface area contributed by atoms with Gasteiger partial charge >= 0.3 is 5.69 Å². The van der Waals surface area contributed by atoms with Crippen LogP contribution in [0.3, 0.4) is 0 Å². The molecule has 2 aromatic heterocycles. The van der Waals surface area contributed by atoms with Crippen LogP contribution in [-0.2, 0) is 22.7 Å². The summed E-state index contributed by atoms with van der Waals surface area (Å²) < 4.78 is 7.12. The number of piperidine rings is 1. The number of carbonyl (C=O) groups excluding carboxylic acids is 1. The van der Waals surface area contributed by atoms with Crippen LogP contribution in [0.1, 0.15) is 24.1 Å². The monoisotopic (exact) mass is 358 g/mol. The van der Waals surface area contributed by atoms with Gasteiger partial charge in [-0.2, -0.15) is 0 Å². The molecule has 0 saturated carbocycles. The first kappa shape index (κ1) is 18.1. The van der Waals surface area contributed by atoms with Crippen molar-refractivity contribution in [2.75, 3.05) is 13.1 Å². The van der Waals surface area contributed by atoms with Crippen LogP contribution in [0.25, 0.3) is 0 Å². The van der Waals surface area contributed by atoms with Gasteiger partial charge in [-0.3, -0.25) is 24.1 Å². The minimum atomic E-state index is -0.575. The lowest BCUT2D eigenvalue weighted by atomic mass is 10.1. The zero-order chi connectivity index (χ0) is 18.5. The Hall–Kier alpha value is -2.74. The number of rotatable bonds is 5. The van der Waals surface area contributed by atoms with Gasteiger partial charge in [0.15, 0.2) is 0 Å². The Morgan fingerprint density at radius 2 is 2.23 bits per heavy atom. The molecule has 1 saturated heterocycles. The van der Waals surface area contributed by atoms with Crippen molar-refractivity contribution in [1.29, 1.82) is 0 Å². The molecular formula is C18H22N4O4. The first-order valence-electron chi connectivity index (χ1n) is 8.62. The fourth-order valence-corrected chi connectivity index (χ4v) is 2.97. The lowest BCUT2D eigenvalue weighted by Crippen LogP contribution is -2.45. The smallest absolute Gasteiger partial charge is 0.328 e. The van der Waals surface area contributed by atoms with Crippen LogP contribution in [-0.4, -0.2) is 44.5 Å². The van der Waals surface area contributed by atoms with Gasteiger partial charge in [-0.05, 0) is 31.9 Å². The van der Waals surface area contributed by atoms with Gasteiger partial charge in [0.25, 0.3) is 5.56 Å². The van der Waals surface area contributed by atoms with Crippen molar-refractivity contribution in [3.8, 4) is 0 Å². The lowest BCUT2D eigenvalue weighted by Gasteiger charge is -2.32. The normalized spacial score (nSPS) is 17.3. The molecule has 0 spiro atoms. The number of carbonyl (C=O) groups is 1.